The lowest BCUT2D eigenvalue weighted by atomic mass is 9.82. The molecule has 2 aromatic carbocycles. The molecule has 0 radical (unpaired) electrons. The molecule has 2 fully saturated rings. The summed E-state index contributed by atoms with van der Waals surface area (Å²) in [6.07, 6.45) is -9.37. The van der Waals surface area contributed by atoms with Crippen molar-refractivity contribution in [3.8, 4) is 5.75 Å². The second kappa shape index (κ2) is 68.2. The van der Waals surface area contributed by atoms with Gasteiger partial charge in [0.25, 0.3) is 5.91 Å². The van der Waals surface area contributed by atoms with Crippen LogP contribution in [0.5, 0.6) is 5.75 Å². The predicted octanol–water partition coefficient (Wildman–Crippen LogP) is 2.91. The van der Waals surface area contributed by atoms with Gasteiger partial charge in [-0.05, 0) is 80.5 Å². The molecule has 138 heavy (non-hydrogen) atoms. The van der Waals surface area contributed by atoms with Crippen LogP contribution in [-0.2, 0) is 132 Å². The summed E-state index contributed by atoms with van der Waals surface area (Å²) < 4.78 is 83.0. The van der Waals surface area contributed by atoms with Gasteiger partial charge in [0.15, 0.2) is 18.0 Å². The summed E-state index contributed by atoms with van der Waals surface area (Å²) in [5, 5.41) is 79.2. The summed E-state index contributed by atoms with van der Waals surface area (Å²) in [6, 6.07) is 9.31. The maximum absolute atomic E-state index is 15.3. The normalized spacial score (nSPS) is 18.8. The van der Waals surface area contributed by atoms with Crippen LogP contribution < -0.4 is 42.4 Å². The SMILES string of the molecule is CC[C@H](C)[C@H](CC(=O)[C@H]1CCCC[N+]1(C)Cc1ccc(O[C@@H]2O[C@H](C(=O)O)[C@@H](O)[C@H](O)[C@H]2O)c(NC(=O)CCNC(=O)C(CCCCNC(=O)CCOCCOCCOCCOCCOCCOCCOCCOCCOCCOCCOCCOC)NC(=O)C(CN)NC(=O)CCC(=O)O)c1)C(=O)N(C)[C@H](C[C@@H](OC(C)=O)c1nc(C(=O)N[C@@H](Cc2ccccc2)C[C@H](C)C(=O)O)cs1)C(C)C. The molecule has 2 saturated heterocycles. The van der Waals surface area contributed by atoms with Crippen LogP contribution in [0.4, 0.5) is 5.69 Å². The molecule has 43 nitrogen and oxygen atoms in total. The van der Waals surface area contributed by atoms with Gasteiger partial charge in [0.2, 0.25) is 41.7 Å². The Morgan fingerprint density at radius 1 is 0.609 bits per heavy atom. The number of carbonyl (C=O) groups excluding carboxylic acids is 9. The minimum Gasteiger partial charge on any atom is -0.481 e. The highest BCUT2D eigenvalue weighted by atomic mass is 32.1. The second-order valence-electron chi connectivity index (χ2n) is 34.4. The number of hydrogen-bond acceptors (Lipinski definition) is 33. The molecule has 3 heterocycles. The van der Waals surface area contributed by atoms with E-state index in [1.807, 2.05) is 65.1 Å². The van der Waals surface area contributed by atoms with Crippen molar-refractivity contribution >= 4 is 88.0 Å². The molecule has 3 unspecified atom stereocenters. The predicted molar refractivity (Wildman–Crippen MR) is 500 cm³/mol. The van der Waals surface area contributed by atoms with Crippen LogP contribution in [0.3, 0.4) is 0 Å². The maximum Gasteiger partial charge on any atom is 0.335 e. The van der Waals surface area contributed by atoms with Gasteiger partial charge in [-0.2, -0.15) is 0 Å². The topological polar surface area (TPSA) is 579 Å². The van der Waals surface area contributed by atoms with Crippen molar-refractivity contribution in [2.75, 3.05) is 205 Å². The molecule has 1 aromatic heterocycles. The Hall–Kier alpha value is -9.01. The number of esters is 1. The first-order chi connectivity index (χ1) is 66.2. The number of aliphatic hydroxyl groups excluding tert-OH is 3. The number of quaternary nitrogens is 1. The Morgan fingerprint density at radius 3 is 1.70 bits per heavy atom. The van der Waals surface area contributed by atoms with E-state index in [2.05, 4.69) is 36.9 Å². The van der Waals surface area contributed by atoms with Crippen LogP contribution in [0.1, 0.15) is 164 Å². The van der Waals surface area contributed by atoms with E-state index in [0.717, 1.165) is 16.9 Å². The smallest absolute Gasteiger partial charge is 0.335 e. The standard InChI is InChI=1S/C94H150N10O33S/c1-10-63(4)69(91(118)103(7)74(62(2)3)58-78(135-65(6)105)90-102-73(61-138-90)89(117)98-68(54-64(5)92(119)120)55-66-18-12-11-13-19-66)57-76(106)75-21-15-17-30-104(75,8)60-67-22-23-77(136-94-85(114)83(112)84(113)86(137-94)93(121)122)71(56-67)99-81(109)26-29-97-87(115)70(101-88(116)72(59-95)100-80(108)24-25-82(110)111)20-14-16-28-96-79(107)27-31-124-34-35-126-38-39-128-42-43-130-46-47-132-50-51-134-53-52-133-49-48-131-45-44-129-41-40-127-37-36-125-33-32-123-9/h11-13,18-19,22-23,56,61-64,68-70,72,74-75,78,83-86,94,112-114H,10,14-17,20-21,24-55,57-60,95H2,1-9H3,(H8-,96,97,98,99,100,101,107,108,109,110,111,115,116,117,119,120,121,122)/p+1/t63-,64-,68+,69-,70?,72?,74+,75+,78+,83-,84-,85+,86-,94+,104?/m0/s1. The van der Waals surface area contributed by atoms with Gasteiger partial charge in [0.05, 0.1) is 184 Å². The second-order valence-corrected chi connectivity index (χ2v) is 35.3. The number of nitrogens with one attached hydrogen (secondary N) is 6. The van der Waals surface area contributed by atoms with E-state index in [9.17, 15) is 73.5 Å². The monoisotopic (exact) mass is 1980 g/mol. The Morgan fingerprint density at radius 2 is 1.17 bits per heavy atom. The third kappa shape index (κ3) is 46.6. The number of likely N-dealkylation sites (tertiary alicyclic amines) is 1. The number of Topliss-reactive ketones (excluding diaryl/α,β-unsaturated/α-hetero) is 1. The number of carboxylic acids is 3. The van der Waals surface area contributed by atoms with Crippen molar-refractivity contribution in [1.29, 1.82) is 0 Å². The number of aliphatic carboxylic acids is 3. The highest BCUT2D eigenvalue weighted by molar-refractivity contribution is 7.09. The fraction of sp³-hybridized carbons (Fsp3) is 0.713. The number of anilines is 1. The van der Waals surface area contributed by atoms with E-state index in [4.69, 9.17) is 81.9 Å². The first-order valence-corrected chi connectivity index (χ1v) is 48.3. The van der Waals surface area contributed by atoms with Gasteiger partial charge in [0.1, 0.15) is 59.4 Å². The number of rotatable bonds is 77. The van der Waals surface area contributed by atoms with Gasteiger partial charge in [-0.15, -0.1) is 11.3 Å². The number of methoxy groups -OCH3 is 1. The van der Waals surface area contributed by atoms with Crippen LogP contribution in [0.2, 0.25) is 0 Å². The fourth-order valence-corrected chi connectivity index (χ4v) is 16.2. The van der Waals surface area contributed by atoms with Gasteiger partial charge in [-0.25, -0.2) is 9.78 Å². The summed E-state index contributed by atoms with van der Waals surface area (Å²) in [6.45, 7) is 19.7. The highest BCUT2D eigenvalue weighted by Crippen LogP contribution is 2.37. The number of amides is 7. The lowest BCUT2D eigenvalue weighted by Crippen LogP contribution is -2.61. The quantitative estimate of drug-likeness (QED) is 0.0219. The number of likely N-dealkylation sites (N-methyl/N-ethyl adjacent to an activating group) is 1. The first-order valence-electron chi connectivity index (χ1n) is 47.5. The lowest BCUT2D eigenvalue weighted by Gasteiger charge is -2.45. The first kappa shape index (κ1) is 119. The van der Waals surface area contributed by atoms with E-state index in [1.54, 1.807) is 32.0 Å². The summed E-state index contributed by atoms with van der Waals surface area (Å²) >= 11 is 1.09. The third-order valence-corrected chi connectivity index (χ3v) is 24.2. The number of aliphatic hydroxyl groups is 3. The van der Waals surface area contributed by atoms with Crippen LogP contribution in [0.15, 0.2) is 53.9 Å². The Labute approximate surface area is 811 Å². The van der Waals surface area contributed by atoms with Crippen molar-refractivity contribution < 1.29 is 164 Å². The Kier molecular flexibility index (Phi) is 59.0. The van der Waals surface area contributed by atoms with Crippen molar-refractivity contribution in [2.45, 2.75) is 211 Å². The molecule has 780 valence electrons. The number of carbonyl (C=O) groups is 12. The molecule has 5 rings (SSSR count). The van der Waals surface area contributed by atoms with E-state index in [-0.39, 0.29) is 129 Å². The van der Waals surface area contributed by atoms with Crippen LogP contribution in [-0.4, -0.2) is 376 Å². The van der Waals surface area contributed by atoms with Crippen LogP contribution in [0.25, 0.3) is 0 Å². The van der Waals surface area contributed by atoms with Gasteiger partial charge < -0.3 is 149 Å². The zero-order valence-electron chi connectivity index (χ0n) is 81.3. The number of ether oxygens (including phenoxy) is 15. The average Bonchev–Trinajstić information content (AvgIpc) is 1.08. The molecule has 0 spiro atoms. The molecule has 2 aliphatic heterocycles. The summed E-state index contributed by atoms with van der Waals surface area (Å²) in [7, 11) is 5.19. The van der Waals surface area contributed by atoms with Crippen molar-refractivity contribution in [1.82, 2.24) is 36.5 Å². The molecule has 7 amide bonds. The van der Waals surface area contributed by atoms with E-state index >= 15 is 9.59 Å². The van der Waals surface area contributed by atoms with E-state index in [1.165, 1.54) is 24.4 Å². The molecule has 0 saturated carbocycles. The third-order valence-electron chi connectivity index (χ3n) is 23.2. The summed E-state index contributed by atoms with van der Waals surface area (Å²) in [5.74, 6) is -11.5. The molecule has 2 aliphatic rings. The zero-order chi connectivity index (χ0) is 101. The van der Waals surface area contributed by atoms with Crippen molar-refractivity contribution in [3.05, 3.63) is 75.7 Å². The van der Waals surface area contributed by atoms with Crippen LogP contribution >= 0.6 is 11.3 Å². The molecule has 0 bridgehead atoms. The van der Waals surface area contributed by atoms with E-state index in [0.29, 0.717) is 188 Å². The number of nitrogens with zero attached hydrogens (tertiary/aromatic N) is 3. The molecule has 44 heteroatoms. The molecule has 15 atom stereocenters. The number of piperidine rings is 1. The number of aromatic nitrogens is 1. The number of nitrogens with two attached hydrogens (primary N) is 1. The number of benzene rings is 2. The lowest BCUT2D eigenvalue weighted by molar-refractivity contribution is -0.941. The number of unbranched alkanes of at least 4 members (excludes halogenated alkanes) is 1. The number of carboxylic acid groups (broad SMARTS) is 3. The zero-order valence-corrected chi connectivity index (χ0v) is 82.1. The molecular weight excluding hydrogens is 1830 g/mol. The van der Waals surface area contributed by atoms with Crippen LogP contribution in [0, 0.1) is 23.7 Å². The van der Waals surface area contributed by atoms with Crippen molar-refractivity contribution in [2.24, 2.45) is 29.4 Å². The van der Waals surface area contributed by atoms with Gasteiger partial charge in [-0.3, -0.25) is 52.7 Å². The molecular formula is C94H151N10O33S+. The highest BCUT2D eigenvalue weighted by Gasteiger charge is 2.49. The van der Waals surface area contributed by atoms with Gasteiger partial charge >= 0.3 is 23.9 Å². The Bertz CT molecular complexity index is 4090. The van der Waals surface area contributed by atoms with Gasteiger partial charge in [0, 0.05) is 108 Å². The molecule has 0 aliphatic carbocycles. The van der Waals surface area contributed by atoms with Crippen molar-refractivity contribution in [3.63, 3.8) is 0 Å². The minimum atomic E-state index is -2.08. The largest absolute Gasteiger partial charge is 0.481 e. The minimum absolute atomic E-state index is 0.0244. The van der Waals surface area contributed by atoms with Gasteiger partial charge in [-0.1, -0.05) is 71.4 Å². The number of thiazole rings is 1. The maximum atomic E-state index is 15.3. The molecule has 14 N–H and O–H groups in total. The Balaban J connectivity index is 1.13. The van der Waals surface area contributed by atoms with E-state index < -0.39 is 158 Å². The number of ketones is 1. The summed E-state index contributed by atoms with van der Waals surface area (Å²) in [4.78, 5) is 166. The fourth-order valence-electron chi connectivity index (χ4n) is 15.3. The molecule has 3 aromatic rings. The number of hydrogen-bond donors (Lipinski definition) is 13. The summed E-state index contributed by atoms with van der Waals surface area (Å²) in [5.41, 5.74) is 7.24. The average molecular weight is 1980 g/mol.